The van der Waals surface area contributed by atoms with Crippen LogP contribution in [0.25, 0.3) is 0 Å². The zero-order valence-electron chi connectivity index (χ0n) is 11.2. The minimum Gasteiger partial charge on any atom is -0.466 e. The van der Waals surface area contributed by atoms with Crippen LogP contribution in [0.2, 0.25) is 0 Å². The molecule has 108 valence electrons. The van der Waals surface area contributed by atoms with Crippen LogP contribution in [-0.4, -0.2) is 44.1 Å². The summed E-state index contributed by atoms with van der Waals surface area (Å²) < 4.78 is 4.75. The van der Waals surface area contributed by atoms with Crippen molar-refractivity contribution in [1.29, 1.82) is 0 Å². The number of carbonyl (C=O) groups excluding carboxylic acids is 3. The Bertz CT molecular complexity index is 318. The predicted octanol–water partition coefficient (Wildman–Crippen LogP) is -0.0689. The van der Waals surface area contributed by atoms with Gasteiger partial charge in [-0.25, -0.2) is 4.79 Å². The highest BCUT2D eigenvalue weighted by Crippen LogP contribution is 1.90. The Hall–Kier alpha value is -1.89. The number of hydrogen-bond acceptors (Lipinski definition) is 5. The van der Waals surface area contributed by atoms with Crippen molar-refractivity contribution in [2.75, 3.05) is 26.2 Å². The van der Waals surface area contributed by atoms with Crippen LogP contribution in [0.4, 0.5) is 4.79 Å². The Balaban J connectivity index is 3.50. The Morgan fingerprint density at radius 3 is 2.68 bits per heavy atom. The highest BCUT2D eigenvalue weighted by molar-refractivity contribution is 5.95. The van der Waals surface area contributed by atoms with Gasteiger partial charge in [-0.2, -0.15) is 0 Å². The monoisotopic (exact) mass is 271 g/mol. The lowest BCUT2D eigenvalue weighted by Crippen LogP contribution is -2.43. The van der Waals surface area contributed by atoms with Gasteiger partial charge >= 0.3 is 12.0 Å². The first-order chi connectivity index (χ1) is 9.10. The van der Waals surface area contributed by atoms with Gasteiger partial charge < -0.3 is 15.4 Å². The van der Waals surface area contributed by atoms with Gasteiger partial charge in [0.1, 0.15) is 0 Å². The summed E-state index contributed by atoms with van der Waals surface area (Å²) in [5, 5.41) is 7.38. The molecule has 0 aliphatic heterocycles. The number of carbonyl (C=O) groups is 3. The van der Waals surface area contributed by atoms with Gasteiger partial charge in [-0.15, -0.1) is 6.58 Å². The molecule has 0 aromatic carbocycles. The van der Waals surface area contributed by atoms with Crippen LogP contribution >= 0.6 is 0 Å². The first kappa shape index (κ1) is 17.1. The lowest BCUT2D eigenvalue weighted by atomic mass is 10.3. The van der Waals surface area contributed by atoms with Gasteiger partial charge in [0.2, 0.25) is 5.91 Å². The Labute approximate surface area is 112 Å². The van der Waals surface area contributed by atoms with Gasteiger partial charge in [0, 0.05) is 13.0 Å². The molecule has 3 N–H and O–H groups in total. The minimum atomic E-state index is -0.557. The van der Waals surface area contributed by atoms with E-state index in [1.807, 2.05) is 0 Å². The maximum Gasteiger partial charge on any atom is 0.321 e. The number of esters is 1. The van der Waals surface area contributed by atoms with E-state index in [1.165, 1.54) is 6.08 Å². The van der Waals surface area contributed by atoms with E-state index in [9.17, 15) is 14.4 Å². The van der Waals surface area contributed by atoms with Crippen molar-refractivity contribution in [1.82, 2.24) is 16.0 Å². The van der Waals surface area contributed by atoms with E-state index in [-0.39, 0.29) is 12.5 Å². The number of amides is 3. The van der Waals surface area contributed by atoms with Crippen molar-refractivity contribution >= 4 is 17.9 Å². The first-order valence-electron chi connectivity index (χ1n) is 6.15. The molecule has 7 heteroatoms. The molecule has 7 nitrogen and oxygen atoms in total. The molecule has 0 aromatic heterocycles. The van der Waals surface area contributed by atoms with Crippen LogP contribution in [0.5, 0.6) is 0 Å². The Morgan fingerprint density at radius 2 is 2.05 bits per heavy atom. The first-order valence-corrected chi connectivity index (χ1v) is 6.15. The van der Waals surface area contributed by atoms with Crippen LogP contribution in [0.3, 0.4) is 0 Å². The molecule has 0 aromatic rings. The van der Waals surface area contributed by atoms with Crippen molar-refractivity contribution in [3.05, 3.63) is 12.7 Å². The largest absolute Gasteiger partial charge is 0.466 e. The van der Waals surface area contributed by atoms with E-state index in [0.717, 1.165) is 0 Å². The van der Waals surface area contributed by atoms with Crippen molar-refractivity contribution in [2.45, 2.75) is 19.8 Å². The topological polar surface area (TPSA) is 96.5 Å². The predicted molar refractivity (Wildman–Crippen MR) is 70.5 cm³/mol. The van der Waals surface area contributed by atoms with Crippen molar-refractivity contribution in [3.8, 4) is 0 Å². The molecule has 3 amide bonds. The molecule has 0 spiro atoms. The van der Waals surface area contributed by atoms with E-state index in [1.54, 1.807) is 6.92 Å². The second-order valence-electron chi connectivity index (χ2n) is 3.63. The van der Waals surface area contributed by atoms with Crippen molar-refractivity contribution in [2.24, 2.45) is 0 Å². The van der Waals surface area contributed by atoms with Crippen molar-refractivity contribution in [3.63, 3.8) is 0 Å². The van der Waals surface area contributed by atoms with E-state index < -0.39 is 11.9 Å². The van der Waals surface area contributed by atoms with E-state index in [4.69, 9.17) is 4.74 Å². The molecular weight excluding hydrogens is 250 g/mol. The summed E-state index contributed by atoms with van der Waals surface area (Å²) in [5.74, 6) is -0.685. The number of hydrogen-bond donors (Lipinski definition) is 3. The summed E-state index contributed by atoms with van der Waals surface area (Å²) in [4.78, 5) is 33.3. The molecule has 0 aliphatic rings. The number of nitrogens with one attached hydrogen (secondary N) is 3. The molecule has 0 aliphatic carbocycles. The molecule has 0 rings (SSSR count). The van der Waals surface area contributed by atoms with Crippen LogP contribution in [0.15, 0.2) is 12.7 Å². The van der Waals surface area contributed by atoms with Gasteiger partial charge in [0.05, 0.1) is 13.2 Å². The highest BCUT2D eigenvalue weighted by atomic mass is 16.5. The fourth-order valence-electron chi connectivity index (χ4n) is 1.17. The lowest BCUT2D eigenvalue weighted by Gasteiger charge is -2.06. The third-order valence-corrected chi connectivity index (χ3v) is 1.99. The molecule has 0 saturated carbocycles. The van der Waals surface area contributed by atoms with Crippen LogP contribution in [0.1, 0.15) is 19.8 Å². The number of ether oxygens (including phenoxy) is 1. The number of urea groups is 1. The average Bonchev–Trinajstić information content (AvgIpc) is 2.36. The second kappa shape index (κ2) is 11.2. The van der Waals surface area contributed by atoms with Gasteiger partial charge in [0.25, 0.3) is 0 Å². The van der Waals surface area contributed by atoms with Gasteiger partial charge in [0.15, 0.2) is 0 Å². The van der Waals surface area contributed by atoms with Crippen LogP contribution < -0.4 is 16.0 Å². The fourth-order valence-corrected chi connectivity index (χ4v) is 1.17. The summed E-state index contributed by atoms with van der Waals surface area (Å²) in [5.41, 5.74) is 0. The molecule has 0 atom stereocenters. The molecule has 0 unspecified atom stereocenters. The van der Waals surface area contributed by atoms with Gasteiger partial charge in [-0.05, 0) is 19.9 Å². The van der Waals surface area contributed by atoms with Gasteiger partial charge in [-0.3, -0.25) is 14.9 Å². The molecule has 0 saturated heterocycles. The second-order valence-corrected chi connectivity index (χ2v) is 3.63. The number of imide groups is 1. The summed E-state index contributed by atoms with van der Waals surface area (Å²) in [6.07, 6.45) is 2.40. The zero-order chi connectivity index (χ0) is 14.5. The van der Waals surface area contributed by atoms with Crippen LogP contribution in [0, 0.1) is 0 Å². The number of rotatable bonds is 9. The Kier molecular flexibility index (Phi) is 10.1. The standard InChI is InChI=1S/C12H21N3O4/c1-3-7-14-12(18)15-10(16)9-13-8-5-6-11(17)19-4-2/h3,13H,1,4-9H2,2H3,(H2,14,15,16,18). The third-order valence-electron chi connectivity index (χ3n) is 1.99. The van der Waals surface area contributed by atoms with E-state index in [0.29, 0.717) is 32.5 Å². The summed E-state index contributed by atoms with van der Waals surface area (Å²) >= 11 is 0. The normalized spacial score (nSPS) is 9.53. The zero-order valence-corrected chi connectivity index (χ0v) is 11.2. The summed E-state index contributed by atoms with van der Waals surface area (Å²) in [6, 6.07) is -0.557. The quantitative estimate of drug-likeness (QED) is 0.310. The average molecular weight is 271 g/mol. The van der Waals surface area contributed by atoms with Crippen molar-refractivity contribution < 1.29 is 19.1 Å². The Morgan fingerprint density at radius 1 is 1.32 bits per heavy atom. The maximum atomic E-state index is 11.3. The van der Waals surface area contributed by atoms with E-state index in [2.05, 4.69) is 22.5 Å². The van der Waals surface area contributed by atoms with Gasteiger partial charge in [-0.1, -0.05) is 6.08 Å². The van der Waals surface area contributed by atoms with E-state index >= 15 is 0 Å². The molecule has 0 radical (unpaired) electrons. The molecule has 19 heavy (non-hydrogen) atoms. The minimum absolute atomic E-state index is 0.0182. The fraction of sp³-hybridized carbons (Fsp3) is 0.583. The molecule has 0 heterocycles. The molecule has 0 fully saturated rings. The third kappa shape index (κ3) is 11.0. The lowest BCUT2D eigenvalue weighted by molar-refractivity contribution is -0.143. The highest BCUT2D eigenvalue weighted by Gasteiger charge is 2.06. The SMILES string of the molecule is C=CCNC(=O)NC(=O)CNCCCC(=O)OCC. The van der Waals surface area contributed by atoms with Crippen LogP contribution in [-0.2, 0) is 14.3 Å². The summed E-state index contributed by atoms with van der Waals surface area (Å²) in [6.45, 7) is 6.37. The summed E-state index contributed by atoms with van der Waals surface area (Å²) in [7, 11) is 0. The molecule has 0 bridgehead atoms. The maximum absolute atomic E-state index is 11.3. The smallest absolute Gasteiger partial charge is 0.321 e. The molecular formula is C12H21N3O4.